The molecular formula is C22H30O5. The molecule has 0 amide bonds. The number of ether oxygens (including phenoxy) is 2. The van der Waals surface area contributed by atoms with Gasteiger partial charge in [-0.15, -0.1) is 0 Å². The summed E-state index contributed by atoms with van der Waals surface area (Å²) in [4.78, 5) is 12.7. The Hall–Kier alpha value is -1.85. The Morgan fingerprint density at radius 1 is 1.22 bits per heavy atom. The van der Waals surface area contributed by atoms with Crippen LogP contribution in [0.2, 0.25) is 0 Å². The van der Waals surface area contributed by atoms with Crippen molar-refractivity contribution in [3.63, 3.8) is 0 Å². The number of rotatable bonds is 3. The lowest BCUT2D eigenvalue weighted by Gasteiger charge is -2.31. The zero-order valence-electron chi connectivity index (χ0n) is 16.5. The lowest BCUT2D eigenvalue weighted by atomic mass is 9.80. The molecule has 1 heterocycles. The molecule has 1 aliphatic heterocycles. The smallest absolute Gasteiger partial charge is 0.338 e. The van der Waals surface area contributed by atoms with Crippen molar-refractivity contribution in [2.75, 3.05) is 0 Å². The molecule has 0 unspecified atom stereocenters. The number of esters is 1. The minimum Gasteiger partial charge on any atom is -0.508 e. The lowest BCUT2D eigenvalue weighted by Crippen LogP contribution is -2.36. The van der Waals surface area contributed by atoms with Crippen molar-refractivity contribution < 1.29 is 24.5 Å². The van der Waals surface area contributed by atoms with Crippen molar-refractivity contribution in [2.45, 2.75) is 70.4 Å². The van der Waals surface area contributed by atoms with Gasteiger partial charge in [-0.25, -0.2) is 4.79 Å². The molecule has 1 aromatic rings. The molecule has 2 N–H and O–H groups in total. The number of hydrogen-bond acceptors (Lipinski definition) is 5. The quantitative estimate of drug-likeness (QED) is 0.477. The maximum Gasteiger partial charge on any atom is 0.338 e. The first-order valence-electron chi connectivity index (χ1n) is 9.66. The molecular weight excluding hydrogens is 344 g/mol. The van der Waals surface area contributed by atoms with Gasteiger partial charge in [0, 0.05) is 18.8 Å². The number of fused-ring (bicyclic) bond motifs is 1. The molecule has 1 aliphatic carbocycles. The number of carbonyl (C=O) groups excluding carboxylic acids is 1. The van der Waals surface area contributed by atoms with E-state index in [1.807, 2.05) is 19.9 Å². The molecule has 148 valence electrons. The Morgan fingerprint density at radius 3 is 2.52 bits per heavy atom. The fourth-order valence-corrected chi connectivity index (χ4v) is 3.92. The molecule has 0 saturated carbocycles. The van der Waals surface area contributed by atoms with E-state index in [1.165, 1.54) is 12.1 Å². The topological polar surface area (TPSA) is 79.3 Å². The van der Waals surface area contributed by atoms with E-state index < -0.39 is 11.6 Å². The van der Waals surface area contributed by atoms with Crippen LogP contribution in [0.3, 0.4) is 0 Å². The van der Waals surface area contributed by atoms with Crippen LogP contribution in [0.5, 0.6) is 5.75 Å². The number of phenols is 1. The number of hydrogen-bond donors (Lipinski definition) is 2. The highest BCUT2D eigenvalue weighted by Gasteiger charge is 2.56. The minimum atomic E-state index is -0.796. The van der Waals surface area contributed by atoms with Gasteiger partial charge in [-0.2, -0.15) is 0 Å². The Bertz CT molecular complexity index is 706. The zero-order chi connectivity index (χ0) is 19.8. The van der Waals surface area contributed by atoms with Crippen molar-refractivity contribution in [3.8, 4) is 5.75 Å². The van der Waals surface area contributed by atoms with Crippen molar-refractivity contribution in [3.05, 3.63) is 42.0 Å². The van der Waals surface area contributed by atoms with E-state index in [9.17, 15) is 15.0 Å². The number of carbonyl (C=O) groups is 1. The third-order valence-corrected chi connectivity index (χ3v) is 5.74. The van der Waals surface area contributed by atoms with Gasteiger partial charge in [0.05, 0.1) is 22.9 Å². The summed E-state index contributed by atoms with van der Waals surface area (Å²) >= 11 is 0. The van der Waals surface area contributed by atoms with Crippen LogP contribution in [0.25, 0.3) is 0 Å². The highest BCUT2D eigenvalue weighted by atomic mass is 16.6. The largest absolute Gasteiger partial charge is 0.508 e. The average molecular weight is 374 g/mol. The van der Waals surface area contributed by atoms with Gasteiger partial charge in [-0.1, -0.05) is 26.0 Å². The average Bonchev–Trinajstić information content (AvgIpc) is 3.18. The number of benzene rings is 1. The van der Waals surface area contributed by atoms with E-state index >= 15 is 0 Å². The van der Waals surface area contributed by atoms with E-state index in [0.29, 0.717) is 24.8 Å². The van der Waals surface area contributed by atoms with Crippen LogP contribution in [-0.4, -0.2) is 39.6 Å². The first kappa shape index (κ1) is 19.9. The molecule has 5 nitrogen and oxygen atoms in total. The molecule has 5 atom stereocenters. The third-order valence-electron chi connectivity index (χ3n) is 5.74. The third kappa shape index (κ3) is 4.71. The van der Waals surface area contributed by atoms with Gasteiger partial charge < -0.3 is 19.7 Å². The molecule has 2 aliphatic rings. The summed E-state index contributed by atoms with van der Waals surface area (Å²) in [5, 5.41) is 20.0. The summed E-state index contributed by atoms with van der Waals surface area (Å²) in [7, 11) is 0. The molecule has 1 saturated heterocycles. The molecule has 0 bridgehead atoms. The highest BCUT2D eigenvalue weighted by Crippen LogP contribution is 2.47. The summed E-state index contributed by atoms with van der Waals surface area (Å²) in [6.45, 7) is 8.08. The molecule has 1 aromatic carbocycles. The molecule has 27 heavy (non-hydrogen) atoms. The van der Waals surface area contributed by atoms with Crippen LogP contribution in [0.15, 0.2) is 36.4 Å². The number of aliphatic hydroxyl groups is 1. The first-order chi connectivity index (χ1) is 12.6. The zero-order valence-corrected chi connectivity index (χ0v) is 16.5. The molecule has 3 rings (SSSR count). The lowest BCUT2D eigenvalue weighted by molar-refractivity contribution is 0.00393. The van der Waals surface area contributed by atoms with E-state index in [4.69, 9.17) is 9.47 Å². The predicted octanol–water partition coefficient (Wildman–Crippen LogP) is 3.84. The SMILES string of the molecule is CC(C)[C@H]1/C=C/C[C@@](C)(O)C[C@H]2O[C@@]2(C)C[C@@H]1OC(=O)c1ccc(O)cc1. The monoisotopic (exact) mass is 374 g/mol. The first-order valence-corrected chi connectivity index (χ1v) is 9.66. The van der Waals surface area contributed by atoms with Crippen molar-refractivity contribution in [2.24, 2.45) is 11.8 Å². The maximum atomic E-state index is 12.7. The van der Waals surface area contributed by atoms with Gasteiger partial charge in [-0.3, -0.25) is 0 Å². The maximum absolute atomic E-state index is 12.7. The van der Waals surface area contributed by atoms with Gasteiger partial charge in [-0.05, 0) is 50.5 Å². The van der Waals surface area contributed by atoms with Gasteiger partial charge >= 0.3 is 5.97 Å². The molecule has 0 radical (unpaired) electrons. The normalized spacial score (nSPS) is 37.3. The van der Waals surface area contributed by atoms with Crippen LogP contribution < -0.4 is 0 Å². The second kappa shape index (κ2) is 7.28. The fraction of sp³-hybridized carbons (Fsp3) is 0.591. The van der Waals surface area contributed by atoms with Crippen molar-refractivity contribution in [1.82, 2.24) is 0 Å². The number of aromatic hydroxyl groups is 1. The highest BCUT2D eigenvalue weighted by molar-refractivity contribution is 5.89. The molecule has 0 aromatic heterocycles. The molecule has 1 fully saturated rings. The Balaban J connectivity index is 1.84. The van der Waals surface area contributed by atoms with Gasteiger partial charge in [0.2, 0.25) is 0 Å². The Kier molecular flexibility index (Phi) is 5.37. The molecule has 5 heteroatoms. The van der Waals surface area contributed by atoms with Crippen LogP contribution in [0, 0.1) is 11.8 Å². The van der Waals surface area contributed by atoms with Gasteiger partial charge in [0.25, 0.3) is 0 Å². The molecule has 0 spiro atoms. The minimum absolute atomic E-state index is 0.0262. The number of epoxide rings is 1. The van der Waals surface area contributed by atoms with E-state index in [-0.39, 0.29) is 35.4 Å². The van der Waals surface area contributed by atoms with Crippen molar-refractivity contribution >= 4 is 5.97 Å². The summed E-state index contributed by atoms with van der Waals surface area (Å²) < 4.78 is 11.8. The summed E-state index contributed by atoms with van der Waals surface area (Å²) in [6.07, 6.45) is 5.42. The van der Waals surface area contributed by atoms with Crippen molar-refractivity contribution in [1.29, 1.82) is 0 Å². The standard InChI is InChI=1S/C22H30O5/c1-14(2)17-6-5-11-21(3,25)13-19-22(4,27-19)12-18(17)26-20(24)15-7-9-16(23)10-8-15/h5-10,14,17-19,23,25H,11-13H2,1-4H3/b6-5+/t17-,18+,19-,21-,22+/m1/s1. The second-order valence-corrected chi connectivity index (χ2v) is 8.77. The Morgan fingerprint density at radius 2 is 1.89 bits per heavy atom. The van der Waals surface area contributed by atoms with Gasteiger partial charge in [0.15, 0.2) is 0 Å². The predicted molar refractivity (Wildman–Crippen MR) is 103 cm³/mol. The van der Waals surface area contributed by atoms with Crippen LogP contribution >= 0.6 is 0 Å². The van der Waals surface area contributed by atoms with E-state index in [2.05, 4.69) is 19.9 Å². The Labute approximate surface area is 161 Å². The van der Waals surface area contributed by atoms with Crippen LogP contribution in [0.4, 0.5) is 0 Å². The summed E-state index contributed by atoms with van der Waals surface area (Å²) in [6, 6.07) is 6.08. The van der Waals surface area contributed by atoms with Gasteiger partial charge in [0.1, 0.15) is 11.9 Å². The second-order valence-electron chi connectivity index (χ2n) is 8.77. The van der Waals surface area contributed by atoms with Crippen LogP contribution in [-0.2, 0) is 9.47 Å². The summed E-state index contributed by atoms with van der Waals surface area (Å²) in [5.74, 6) is 0.0107. The van der Waals surface area contributed by atoms with E-state index in [1.54, 1.807) is 12.1 Å². The summed E-state index contributed by atoms with van der Waals surface area (Å²) in [5.41, 5.74) is -0.768. The fourth-order valence-electron chi connectivity index (χ4n) is 3.92. The number of phenolic OH excluding ortho intramolecular Hbond substituents is 1. The van der Waals surface area contributed by atoms with Crippen LogP contribution in [0.1, 0.15) is 57.3 Å². The van der Waals surface area contributed by atoms with E-state index in [0.717, 1.165) is 0 Å².